The van der Waals surface area contributed by atoms with Crippen LogP contribution in [0.2, 0.25) is 0 Å². The van der Waals surface area contributed by atoms with E-state index in [-0.39, 0.29) is 11.7 Å². The van der Waals surface area contributed by atoms with Gasteiger partial charge in [-0.25, -0.2) is 9.37 Å². The number of rotatable bonds is 6. The van der Waals surface area contributed by atoms with Gasteiger partial charge in [0, 0.05) is 60.5 Å². The van der Waals surface area contributed by atoms with Crippen LogP contribution in [0.4, 0.5) is 15.9 Å². The fourth-order valence-corrected chi connectivity index (χ4v) is 4.81. The third kappa shape index (κ3) is 5.25. The fourth-order valence-electron chi connectivity index (χ4n) is 4.40. The van der Waals surface area contributed by atoms with Crippen LogP contribution >= 0.6 is 11.8 Å². The van der Waals surface area contributed by atoms with Crippen LogP contribution < -0.4 is 15.1 Å². The first kappa shape index (κ1) is 23.2. The summed E-state index contributed by atoms with van der Waals surface area (Å²) in [6, 6.07) is 22.6. The van der Waals surface area contributed by atoms with Gasteiger partial charge in [0.2, 0.25) is 0 Å². The van der Waals surface area contributed by atoms with Crippen molar-refractivity contribution in [3.05, 3.63) is 95.9 Å². The van der Waals surface area contributed by atoms with E-state index in [4.69, 9.17) is 0 Å². The first-order chi connectivity index (χ1) is 17.1. The van der Waals surface area contributed by atoms with Crippen molar-refractivity contribution in [1.29, 1.82) is 0 Å². The van der Waals surface area contributed by atoms with Crippen molar-refractivity contribution in [3.63, 3.8) is 0 Å². The molecular weight excluding hydrogens is 459 g/mol. The molecule has 1 saturated heterocycles. The molecule has 0 atom stereocenters. The lowest BCUT2D eigenvalue weighted by Gasteiger charge is -2.37. The summed E-state index contributed by atoms with van der Waals surface area (Å²) in [5.41, 5.74) is 2.72. The van der Waals surface area contributed by atoms with E-state index in [1.54, 1.807) is 11.8 Å². The summed E-state index contributed by atoms with van der Waals surface area (Å²) in [5.74, 6) is 0.570. The Hall–Kier alpha value is -3.58. The molecule has 0 bridgehead atoms. The van der Waals surface area contributed by atoms with E-state index in [1.165, 1.54) is 17.0 Å². The van der Waals surface area contributed by atoms with E-state index in [1.807, 2.05) is 61.0 Å². The molecule has 5 rings (SSSR count). The molecule has 5 nitrogen and oxygen atoms in total. The van der Waals surface area contributed by atoms with Gasteiger partial charge in [-0.1, -0.05) is 18.2 Å². The number of pyridine rings is 1. The van der Waals surface area contributed by atoms with Crippen molar-refractivity contribution in [1.82, 2.24) is 10.3 Å². The number of nitrogens with one attached hydrogen (secondary N) is 1. The maximum absolute atomic E-state index is 13.3. The van der Waals surface area contributed by atoms with Crippen LogP contribution in [0, 0.1) is 5.82 Å². The predicted molar refractivity (Wildman–Crippen MR) is 142 cm³/mol. The lowest BCUT2D eigenvalue weighted by atomic mass is 10.1. The lowest BCUT2D eigenvalue weighted by molar-refractivity contribution is 0.0951. The standard InChI is InChI=1S/C28H27FN4OS/c1-35-25-10-2-20(3-11-25)19-31-28(34)22-5-4-21-12-13-30-27(26(21)18-22)33-16-14-32(15-17-33)24-8-6-23(29)7-9-24/h2-13,18H,14-17,19H2,1H3,(H,31,34). The average molecular weight is 487 g/mol. The largest absolute Gasteiger partial charge is 0.368 e. The summed E-state index contributed by atoms with van der Waals surface area (Å²) < 4.78 is 13.3. The van der Waals surface area contributed by atoms with Gasteiger partial charge in [-0.3, -0.25) is 4.79 Å². The number of benzene rings is 3. The van der Waals surface area contributed by atoms with Gasteiger partial charge < -0.3 is 15.1 Å². The lowest BCUT2D eigenvalue weighted by Crippen LogP contribution is -2.46. The molecule has 3 aromatic carbocycles. The van der Waals surface area contributed by atoms with Crippen LogP contribution in [0.15, 0.2) is 83.9 Å². The fraction of sp³-hybridized carbons (Fsp3) is 0.214. The molecule has 1 aliphatic heterocycles. The molecule has 1 amide bonds. The van der Waals surface area contributed by atoms with Crippen molar-refractivity contribution in [2.75, 3.05) is 42.2 Å². The number of carbonyl (C=O) groups is 1. The van der Waals surface area contributed by atoms with E-state index >= 15 is 0 Å². The smallest absolute Gasteiger partial charge is 0.251 e. The number of thioether (sulfide) groups is 1. The molecule has 1 aromatic heterocycles. The summed E-state index contributed by atoms with van der Waals surface area (Å²) in [7, 11) is 0. The van der Waals surface area contributed by atoms with Gasteiger partial charge in [0.25, 0.3) is 5.91 Å². The predicted octanol–water partition coefficient (Wildman–Crippen LogP) is 5.35. The zero-order valence-corrected chi connectivity index (χ0v) is 20.4. The van der Waals surface area contributed by atoms with Gasteiger partial charge in [-0.05, 0) is 71.8 Å². The Morgan fingerprint density at radius 3 is 2.37 bits per heavy atom. The molecule has 0 aliphatic carbocycles. The molecule has 4 aromatic rings. The Kier molecular flexibility index (Phi) is 6.86. The third-order valence-corrected chi connectivity index (χ3v) is 7.13. The Morgan fingerprint density at radius 1 is 0.943 bits per heavy atom. The highest BCUT2D eigenvalue weighted by Crippen LogP contribution is 2.27. The van der Waals surface area contributed by atoms with Crippen molar-refractivity contribution in [3.8, 4) is 0 Å². The minimum Gasteiger partial charge on any atom is -0.368 e. The zero-order valence-electron chi connectivity index (χ0n) is 19.6. The molecule has 0 saturated carbocycles. The molecule has 178 valence electrons. The number of hydrogen-bond acceptors (Lipinski definition) is 5. The maximum atomic E-state index is 13.3. The number of hydrogen-bond donors (Lipinski definition) is 1. The SMILES string of the molecule is CSc1ccc(CNC(=O)c2ccc3ccnc(N4CCN(c5ccc(F)cc5)CC4)c3c2)cc1. The number of aromatic nitrogens is 1. The maximum Gasteiger partial charge on any atom is 0.251 e. The van der Waals surface area contributed by atoms with Crippen LogP contribution in [0.25, 0.3) is 10.8 Å². The summed E-state index contributed by atoms with van der Waals surface area (Å²) >= 11 is 1.70. The van der Waals surface area contributed by atoms with Gasteiger partial charge >= 0.3 is 0 Å². The van der Waals surface area contributed by atoms with Crippen molar-refractivity contribution < 1.29 is 9.18 Å². The second-order valence-electron chi connectivity index (χ2n) is 8.55. The summed E-state index contributed by atoms with van der Waals surface area (Å²) in [4.78, 5) is 23.3. The van der Waals surface area contributed by atoms with E-state index < -0.39 is 0 Å². The van der Waals surface area contributed by atoms with Gasteiger partial charge in [-0.15, -0.1) is 11.8 Å². The number of amides is 1. The number of fused-ring (bicyclic) bond motifs is 1. The highest BCUT2D eigenvalue weighted by atomic mass is 32.2. The third-order valence-electron chi connectivity index (χ3n) is 6.39. The molecule has 7 heteroatoms. The molecule has 1 aliphatic rings. The van der Waals surface area contributed by atoms with Crippen molar-refractivity contribution >= 4 is 39.9 Å². The first-order valence-electron chi connectivity index (χ1n) is 11.7. The van der Waals surface area contributed by atoms with E-state index in [0.717, 1.165) is 54.0 Å². The summed E-state index contributed by atoms with van der Waals surface area (Å²) in [6.45, 7) is 3.72. The molecule has 35 heavy (non-hydrogen) atoms. The van der Waals surface area contributed by atoms with Crippen molar-refractivity contribution in [2.24, 2.45) is 0 Å². The van der Waals surface area contributed by atoms with E-state index in [9.17, 15) is 9.18 Å². The quantitative estimate of drug-likeness (QED) is 0.372. The summed E-state index contributed by atoms with van der Waals surface area (Å²) in [5, 5.41) is 5.06. The van der Waals surface area contributed by atoms with Gasteiger partial charge in [0.1, 0.15) is 11.6 Å². The first-order valence-corrected chi connectivity index (χ1v) is 12.9. The second-order valence-corrected chi connectivity index (χ2v) is 9.43. The number of halogens is 1. The molecule has 0 unspecified atom stereocenters. The molecule has 1 fully saturated rings. The molecule has 1 N–H and O–H groups in total. The Morgan fingerprint density at radius 2 is 1.66 bits per heavy atom. The second kappa shape index (κ2) is 10.4. The summed E-state index contributed by atoms with van der Waals surface area (Å²) in [6.07, 6.45) is 3.87. The highest BCUT2D eigenvalue weighted by molar-refractivity contribution is 7.98. The van der Waals surface area contributed by atoms with Crippen LogP contribution in [0.5, 0.6) is 0 Å². The minimum absolute atomic E-state index is 0.100. The zero-order chi connectivity index (χ0) is 24.2. The number of anilines is 2. The van der Waals surface area contributed by atoms with Gasteiger partial charge in [0.05, 0.1) is 0 Å². The van der Waals surface area contributed by atoms with Gasteiger partial charge in [-0.2, -0.15) is 0 Å². The Labute approximate surface area is 209 Å². The number of nitrogens with zero attached hydrogens (tertiary/aromatic N) is 3. The minimum atomic E-state index is -0.222. The van der Waals surface area contributed by atoms with Crippen LogP contribution in [-0.2, 0) is 6.54 Å². The number of piperazine rings is 1. The Bertz CT molecular complexity index is 1320. The molecule has 2 heterocycles. The van der Waals surface area contributed by atoms with Crippen molar-refractivity contribution in [2.45, 2.75) is 11.4 Å². The molecule has 0 radical (unpaired) electrons. The highest BCUT2D eigenvalue weighted by Gasteiger charge is 2.20. The van der Waals surface area contributed by atoms with Crippen LogP contribution in [-0.4, -0.2) is 43.3 Å². The van der Waals surface area contributed by atoms with Crippen LogP contribution in [0.3, 0.4) is 0 Å². The monoisotopic (exact) mass is 486 g/mol. The topological polar surface area (TPSA) is 48.5 Å². The van der Waals surface area contributed by atoms with E-state index in [0.29, 0.717) is 12.1 Å². The molecular formula is C28H27FN4OS. The normalized spacial score (nSPS) is 13.8. The van der Waals surface area contributed by atoms with Crippen LogP contribution in [0.1, 0.15) is 15.9 Å². The Balaban J connectivity index is 1.29. The average Bonchev–Trinajstić information content (AvgIpc) is 2.92. The molecule has 0 spiro atoms. The number of carbonyl (C=O) groups excluding carboxylic acids is 1. The van der Waals surface area contributed by atoms with E-state index in [2.05, 4.69) is 32.2 Å². The van der Waals surface area contributed by atoms with Gasteiger partial charge in [0.15, 0.2) is 0 Å².